The second-order valence-corrected chi connectivity index (χ2v) is 8.39. The van der Waals surface area contributed by atoms with Gasteiger partial charge in [-0.3, -0.25) is 4.31 Å². The van der Waals surface area contributed by atoms with Crippen molar-refractivity contribution in [3.63, 3.8) is 0 Å². The fourth-order valence-corrected chi connectivity index (χ4v) is 4.81. The summed E-state index contributed by atoms with van der Waals surface area (Å²) in [5.74, 6) is -1.21. The summed E-state index contributed by atoms with van der Waals surface area (Å²) in [6.07, 6.45) is 1.26. The Morgan fingerprint density at radius 2 is 2.10 bits per heavy atom. The minimum Gasteiger partial charge on any atom is -0.477 e. The first-order valence-electron chi connectivity index (χ1n) is 5.26. The highest BCUT2D eigenvalue weighted by Gasteiger charge is 2.23. The molecule has 0 radical (unpaired) electrons. The van der Waals surface area contributed by atoms with E-state index in [4.69, 9.17) is 5.11 Å². The first kappa shape index (κ1) is 14.9. The number of aromatic nitrogens is 1. The summed E-state index contributed by atoms with van der Waals surface area (Å²) in [5, 5.41) is 8.88. The molecule has 0 bridgehead atoms. The third-order valence-corrected chi connectivity index (χ3v) is 6.37. The van der Waals surface area contributed by atoms with Crippen molar-refractivity contribution in [1.82, 2.24) is 4.98 Å². The number of carboxylic acids is 1. The van der Waals surface area contributed by atoms with Crippen molar-refractivity contribution >= 4 is 48.9 Å². The maximum Gasteiger partial charge on any atom is 0.354 e. The number of carbonyl (C=O) groups is 1. The lowest BCUT2D eigenvalue weighted by molar-refractivity contribution is 0.0690. The number of aromatic carboxylic acids is 1. The molecule has 0 spiro atoms. The Bertz CT molecular complexity index is 757. The molecule has 0 saturated carbocycles. The minimum absolute atomic E-state index is 0.167. The van der Waals surface area contributed by atoms with Crippen LogP contribution in [0, 0.1) is 0 Å². The van der Waals surface area contributed by atoms with Crippen LogP contribution in [0.2, 0.25) is 0 Å². The van der Waals surface area contributed by atoms with Crippen LogP contribution in [0.3, 0.4) is 0 Å². The van der Waals surface area contributed by atoms with Gasteiger partial charge in [0.1, 0.15) is 9.90 Å². The molecule has 2 rings (SSSR count). The van der Waals surface area contributed by atoms with Gasteiger partial charge in [0.2, 0.25) is 0 Å². The van der Waals surface area contributed by atoms with Crippen molar-refractivity contribution in [2.24, 2.45) is 0 Å². The number of hydrogen-bond acceptors (Lipinski definition) is 5. The van der Waals surface area contributed by atoms with E-state index in [9.17, 15) is 13.2 Å². The summed E-state index contributed by atoms with van der Waals surface area (Å²) in [5.41, 5.74) is 0.0267. The van der Waals surface area contributed by atoms with Crippen LogP contribution < -0.4 is 4.31 Å². The molecule has 0 amide bonds. The second-order valence-electron chi connectivity index (χ2n) is 3.74. The summed E-state index contributed by atoms with van der Waals surface area (Å²) in [7, 11) is -2.35. The quantitative estimate of drug-likeness (QED) is 0.884. The van der Waals surface area contributed by atoms with Crippen LogP contribution in [0.15, 0.2) is 38.5 Å². The monoisotopic (exact) mass is 376 g/mol. The summed E-state index contributed by atoms with van der Waals surface area (Å²) in [6.45, 7) is 0. The lowest BCUT2D eigenvalue weighted by Crippen LogP contribution is -2.26. The van der Waals surface area contributed by atoms with Crippen LogP contribution >= 0.6 is 27.3 Å². The normalized spacial score (nSPS) is 11.3. The molecule has 2 heterocycles. The highest BCUT2D eigenvalue weighted by molar-refractivity contribution is 9.11. The fraction of sp³-hybridized carbons (Fsp3) is 0.0909. The molecule has 20 heavy (non-hydrogen) atoms. The average molecular weight is 377 g/mol. The predicted octanol–water partition coefficient (Wildman–Crippen LogP) is 2.43. The summed E-state index contributed by atoms with van der Waals surface area (Å²) in [6, 6.07) is 5.77. The molecule has 1 N–H and O–H groups in total. The van der Waals surface area contributed by atoms with Gasteiger partial charge in [-0.1, -0.05) is 0 Å². The Morgan fingerprint density at radius 3 is 2.65 bits per heavy atom. The fourth-order valence-electron chi connectivity index (χ4n) is 1.44. The lowest BCUT2D eigenvalue weighted by Gasteiger charge is -2.18. The first-order valence-corrected chi connectivity index (χ1v) is 8.31. The van der Waals surface area contributed by atoms with E-state index in [-0.39, 0.29) is 15.6 Å². The number of pyridine rings is 1. The van der Waals surface area contributed by atoms with E-state index in [2.05, 4.69) is 20.9 Å². The Kier molecular flexibility index (Phi) is 4.11. The van der Waals surface area contributed by atoms with Crippen molar-refractivity contribution in [1.29, 1.82) is 0 Å². The van der Waals surface area contributed by atoms with Crippen LogP contribution in [-0.4, -0.2) is 31.5 Å². The predicted molar refractivity (Wildman–Crippen MR) is 78.8 cm³/mol. The van der Waals surface area contributed by atoms with Crippen molar-refractivity contribution in [2.45, 2.75) is 4.21 Å². The van der Waals surface area contributed by atoms with Gasteiger partial charge in [-0.15, -0.1) is 11.3 Å². The molecule has 0 atom stereocenters. The van der Waals surface area contributed by atoms with E-state index >= 15 is 0 Å². The van der Waals surface area contributed by atoms with Crippen LogP contribution in [0.5, 0.6) is 0 Å². The highest BCUT2D eigenvalue weighted by Crippen LogP contribution is 2.30. The van der Waals surface area contributed by atoms with Gasteiger partial charge in [0.25, 0.3) is 10.0 Å². The number of hydrogen-bond donors (Lipinski definition) is 1. The molecular formula is C11H9BrN2O4S2. The van der Waals surface area contributed by atoms with E-state index in [1.807, 2.05) is 0 Å². The first-order chi connectivity index (χ1) is 9.32. The molecule has 0 fully saturated rings. The number of nitrogens with zero attached hydrogens (tertiary/aromatic N) is 2. The minimum atomic E-state index is -3.71. The van der Waals surface area contributed by atoms with E-state index in [0.717, 1.165) is 15.6 Å². The van der Waals surface area contributed by atoms with Gasteiger partial charge in [0.15, 0.2) is 0 Å². The van der Waals surface area contributed by atoms with Crippen LogP contribution in [0.4, 0.5) is 5.69 Å². The average Bonchev–Trinajstić information content (AvgIpc) is 2.85. The molecule has 0 aliphatic heterocycles. The van der Waals surface area contributed by atoms with E-state index < -0.39 is 16.0 Å². The number of anilines is 1. The van der Waals surface area contributed by atoms with Crippen LogP contribution in [0.25, 0.3) is 0 Å². The zero-order valence-corrected chi connectivity index (χ0v) is 13.4. The molecule has 9 heteroatoms. The van der Waals surface area contributed by atoms with Gasteiger partial charge in [0.05, 0.1) is 9.47 Å². The molecule has 0 unspecified atom stereocenters. The third kappa shape index (κ3) is 2.84. The summed E-state index contributed by atoms with van der Waals surface area (Å²) in [4.78, 5) is 14.5. The Morgan fingerprint density at radius 1 is 1.40 bits per heavy atom. The van der Waals surface area contributed by atoms with Crippen molar-refractivity contribution in [2.75, 3.05) is 11.4 Å². The Balaban J connectivity index is 2.43. The molecule has 106 valence electrons. The van der Waals surface area contributed by atoms with Gasteiger partial charge >= 0.3 is 5.97 Å². The van der Waals surface area contributed by atoms with Gasteiger partial charge in [-0.25, -0.2) is 18.2 Å². The number of sulfonamides is 1. The Labute approximate surface area is 127 Å². The third-order valence-electron chi connectivity index (χ3n) is 2.49. The van der Waals surface area contributed by atoms with Gasteiger partial charge in [0, 0.05) is 13.2 Å². The summed E-state index contributed by atoms with van der Waals surface area (Å²) >= 11 is 4.29. The summed E-state index contributed by atoms with van der Waals surface area (Å²) < 4.78 is 26.6. The molecular weight excluding hydrogens is 368 g/mol. The number of thiophene rings is 1. The topological polar surface area (TPSA) is 87.6 Å². The van der Waals surface area contributed by atoms with Gasteiger partial charge in [-0.05, 0) is 40.2 Å². The van der Waals surface area contributed by atoms with Gasteiger partial charge in [-0.2, -0.15) is 0 Å². The molecule has 0 aliphatic carbocycles. The Hall–Kier alpha value is -1.45. The zero-order chi connectivity index (χ0) is 14.9. The van der Waals surface area contributed by atoms with E-state index in [0.29, 0.717) is 3.79 Å². The number of rotatable bonds is 4. The van der Waals surface area contributed by atoms with Gasteiger partial charge < -0.3 is 5.11 Å². The molecule has 2 aromatic rings. The molecule has 0 aliphatic rings. The standard InChI is InChI=1S/C11H9BrN2O4S2/c1-14(7-4-5-13-8(6-7)11(15)16)20(17,18)10-3-2-9(12)19-10/h2-6H,1H3,(H,15,16). The van der Waals surface area contributed by atoms with E-state index in [1.165, 1.54) is 31.4 Å². The number of halogens is 1. The lowest BCUT2D eigenvalue weighted by atomic mass is 10.3. The molecule has 6 nitrogen and oxygen atoms in total. The maximum atomic E-state index is 12.4. The SMILES string of the molecule is CN(c1ccnc(C(=O)O)c1)S(=O)(=O)c1ccc(Br)s1. The van der Waals surface area contributed by atoms with Crippen LogP contribution in [-0.2, 0) is 10.0 Å². The second kappa shape index (κ2) is 5.51. The molecule has 2 aromatic heterocycles. The van der Waals surface area contributed by atoms with Crippen LogP contribution in [0.1, 0.15) is 10.5 Å². The number of carboxylic acid groups (broad SMARTS) is 1. The molecule has 0 saturated heterocycles. The van der Waals surface area contributed by atoms with E-state index in [1.54, 1.807) is 6.07 Å². The smallest absolute Gasteiger partial charge is 0.354 e. The highest BCUT2D eigenvalue weighted by atomic mass is 79.9. The van der Waals surface area contributed by atoms with Crippen molar-refractivity contribution in [3.8, 4) is 0 Å². The zero-order valence-electron chi connectivity index (χ0n) is 10.1. The largest absolute Gasteiger partial charge is 0.477 e. The van der Waals surface area contributed by atoms with Crippen molar-refractivity contribution < 1.29 is 18.3 Å². The van der Waals surface area contributed by atoms with Crippen molar-refractivity contribution in [3.05, 3.63) is 39.9 Å². The maximum absolute atomic E-state index is 12.4. The molecule has 0 aromatic carbocycles.